The molecule has 0 saturated carbocycles. The second kappa shape index (κ2) is 3.41. The third-order valence-corrected chi connectivity index (χ3v) is 1.58. The highest BCUT2D eigenvalue weighted by atomic mass is 31.1. The lowest BCUT2D eigenvalue weighted by Crippen LogP contribution is -1.79. The van der Waals surface area contributed by atoms with E-state index in [2.05, 4.69) is 0 Å². The van der Waals surface area contributed by atoms with Gasteiger partial charge < -0.3 is 10.2 Å². The van der Waals surface area contributed by atoms with Crippen LogP contribution in [0.4, 0.5) is 0 Å². The third kappa shape index (κ3) is 2.40. The fourth-order valence-electron chi connectivity index (χ4n) is 0.769. The predicted molar refractivity (Wildman–Crippen MR) is 43.9 cm³/mol. The zero-order chi connectivity index (χ0) is 9.14. The first kappa shape index (κ1) is 8.81. The Balaban J connectivity index is 2.93. The van der Waals surface area contributed by atoms with Crippen LogP contribution >= 0.6 is 8.03 Å². The maximum Gasteiger partial charge on any atom is 0.552 e. The molecule has 0 aliphatic heterocycles. The molecule has 0 aliphatic carbocycles. The monoisotopic (exact) mass is 187 g/mol. The Labute approximate surface area is 70.3 Å². The first-order chi connectivity index (χ1) is 5.58. The van der Waals surface area contributed by atoms with Crippen LogP contribution in [0.15, 0.2) is 18.2 Å². The summed E-state index contributed by atoms with van der Waals surface area (Å²) < 4.78 is 15.4. The standard InChI is InChI=1S/C7H7O4P/c1-12(10)11-7-3-5(8)2-6(9)4-7/h2-4H,1H3,(H-,8,9)/p+1. The lowest BCUT2D eigenvalue weighted by atomic mass is 10.3. The molecule has 1 aromatic rings. The molecule has 5 heteroatoms. The Morgan fingerprint density at radius 2 is 1.75 bits per heavy atom. The molecule has 1 aromatic carbocycles. The van der Waals surface area contributed by atoms with Crippen LogP contribution in [0.25, 0.3) is 0 Å². The van der Waals surface area contributed by atoms with Crippen LogP contribution in [0.3, 0.4) is 0 Å². The number of aromatic hydroxyl groups is 2. The Bertz CT molecular complexity index is 290. The summed E-state index contributed by atoms with van der Waals surface area (Å²) in [7, 11) is -1.77. The van der Waals surface area contributed by atoms with Gasteiger partial charge in [-0.15, -0.1) is 0 Å². The lowest BCUT2D eigenvalue weighted by Gasteiger charge is -1.95. The molecule has 0 radical (unpaired) electrons. The molecule has 0 fully saturated rings. The molecule has 0 amide bonds. The van der Waals surface area contributed by atoms with E-state index >= 15 is 0 Å². The molecule has 64 valence electrons. The highest BCUT2D eigenvalue weighted by Gasteiger charge is 2.10. The van der Waals surface area contributed by atoms with Crippen LogP contribution in [0.5, 0.6) is 17.2 Å². The van der Waals surface area contributed by atoms with Gasteiger partial charge in [0.15, 0.2) is 12.4 Å². The molecule has 0 saturated heterocycles. The topological polar surface area (TPSA) is 66.8 Å². The normalized spacial score (nSPS) is 10.9. The Hall–Kier alpha value is -1.28. The second-order valence-corrected chi connectivity index (χ2v) is 3.28. The molecule has 0 bridgehead atoms. The van der Waals surface area contributed by atoms with Crippen LogP contribution < -0.4 is 4.52 Å². The fraction of sp³-hybridized carbons (Fsp3) is 0.143. The Kier molecular flexibility index (Phi) is 2.51. The van der Waals surface area contributed by atoms with E-state index in [4.69, 9.17) is 14.7 Å². The molecule has 1 rings (SSSR count). The first-order valence-electron chi connectivity index (χ1n) is 3.20. The minimum atomic E-state index is -1.77. The summed E-state index contributed by atoms with van der Waals surface area (Å²) in [6.45, 7) is 1.39. The molecule has 1 atom stereocenters. The quantitative estimate of drug-likeness (QED) is 0.693. The van der Waals surface area contributed by atoms with Gasteiger partial charge in [-0.05, 0) is 4.57 Å². The van der Waals surface area contributed by atoms with Crippen molar-refractivity contribution in [1.29, 1.82) is 0 Å². The number of phenolic OH excluding ortho intramolecular Hbond substituents is 2. The van der Waals surface area contributed by atoms with Crippen molar-refractivity contribution in [3.63, 3.8) is 0 Å². The van der Waals surface area contributed by atoms with Gasteiger partial charge in [0.2, 0.25) is 0 Å². The van der Waals surface area contributed by atoms with Gasteiger partial charge >= 0.3 is 8.03 Å². The molecule has 4 nitrogen and oxygen atoms in total. The summed E-state index contributed by atoms with van der Waals surface area (Å²) in [6.07, 6.45) is 0. The van der Waals surface area contributed by atoms with Crippen molar-refractivity contribution >= 4 is 8.03 Å². The van der Waals surface area contributed by atoms with E-state index in [1.54, 1.807) is 0 Å². The van der Waals surface area contributed by atoms with E-state index in [9.17, 15) is 4.57 Å². The van der Waals surface area contributed by atoms with Crippen molar-refractivity contribution in [3.05, 3.63) is 18.2 Å². The van der Waals surface area contributed by atoms with E-state index in [1.807, 2.05) is 0 Å². The van der Waals surface area contributed by atoms with E-state index in [0.29, 0.717) is 0 Å². The zero-order valence-electron chi connectivity index (χ0n) is 6.39. The summed E-state index contributed by atoms with van der Waals surface area (Å²) >= 11 is 0. The minimum absolute atomic E-state index is 0.123. The molecule has 0 heterocycles. The maximum atomic E-state index is 10.6. The van der Waals surface area contributed by atoms with Crippen molar-refractivity contribution in [2.24, 2.45) is 0 Å². The number of rotatable bonds is 2. The van der Waals surface area contributed by atoms with Crippen LogP contribution in [0.2, 0.25) is 0 Å². The van der Waals surface area contributed by atoms with E-state index in [1.165, 1.54) is 18.8 Å². The van der Waals surface area contributed by atoms with Crippen molar-refractivity contribution < 1.29 is 19.3 Å². The van der Waals surface area contributed by atoms with E-state index in [0.717, 1.165) is 6.07 Å². The average Bonchev–Trinajstić information content (AvgIpc) is 1.81. The number of phenols is 2. The maximum absolute atomic E-state index is 10.6. The van der Waals surface area contributed by atoms with Crippen molar-refractivity contribution in [2.75, 3.05) is 6.66 Å². The highest BCUT2D eigenvalue weighted by Crippen LogP contribution is 2.30. The molecule has 0 spiro atoms. The van der Waals surface area contributed by atoms with Gasteiger partial charge in [-0.3, -0.25) is 4.52 Å². The Morgan fingerprint density at radius 3 is 2.17 bits per heavy atom. The predicted octanol–water partition coefficient (Wildman–Crippen LogP) is 1.85. The largest absolute Gasteiger partial charge is 0.552 e. The smallest absolute Gasteiger partial charge is 0.508 e. The van der Waals surface area contributed by atoms with Crippen molar-refractivity contribution in [2.45, 2.75) is 0 Å². The number of benzene rings is 1. The zero-order valence-corrected chi connectivity index (χ0v) is 7.28. The van der Waals surface area contributed by atoms with Crippen LogP contribution in [-0.2, 0) is 4.57 Å². The van der Waals surface area contributed by atoms with Gasteiger partial charge in [-0.1, -0.05) is 0 Å². The van der Waals surface area contributed by atoms with E-state index < -0.39 is 8.03 Å². The number of hydrogen-bond donors (Lipinski definition) is 2. The molecule has 2 N–H and O–H groups in total. The van der Waals surface area contributed by atoms with E-state index in [-0.39, 0.29) is 17.2 Å². The second-order valence-electron chi connectivity index (χ2n) is 2.22. The van der Waals surface area contributed by atoms with Crippen LogP contribution in [0.1, 0.15) is 0 Å². The van der Waals surface area contributed by atoms with Gasteiger partial charge in [0.25, 0.3) is 0 Å². The molecule has 0 aliphatic rings. The summed E-state index contributed by atoms with van der Waals surface area (Å²) in [5.41, 5.74) is 0. The first-order valence-corrected chi connectivity index (χ1v) is 4.82. The van der Waals surface area contributed by atoms with Crippen molar-refractivity contribution in [3.8, 4) is 17.2 Å². The lowest BCUT2D eigenvalue weighted by molar-refractivity contribution is 0.442. The van der Waals surface area contributed by atoms with Gasteiger partial charge in [-0.25, -0.2) is 0 Å². The molecular formula is C7H8O4P+. The molecule has 1 unspecified atom stereocenters. The summed E-state index contributed by atoms with van der Waals surface area (Å²) in [5, 5.41) is 17.9. The third-order valence-electron chi connectivity index (χ3n) is 1.11. The van der Waals surface area contributed by atoms with Crippen LogP contribution in [-0.4, -0.2) is 16.9 Å². The fourth-order valence-corrected chi connectivity index (χ4v) is 1.17. The van der Waals surface area contributed by atoms with Gasteiger partial charge in [0.1, 0.15) is 11.5 Å². The van der Waals surface area contributed by atoms with Gasteiger partial charge in [-0.2, -0.15) is 0 Å². The minimum Gasteiger partial charge on any atom is -0.508 e. The molecular weight excluding hydrogens is 179 g/mol. The molecule has 0 aromatic heterocycles. The number of hydrogen-bond acceptors (Lipinski definition) is 4. The SMILES string of the molecule is C[P+](=O)Oc1cc(O)cc(O)c1. The summed E-state index contributed by atoms with van der Waals surface area (Å²) in [4.78, 5) is 0. The summed E-state index contributed by atoms with van der Waals surface area (Å²) in [5.74, 6) is -0.0557. The average molecular weight is 187 g/mol. The van der Waals surface area contributed by atoms with Gasteiger partial charge in [0.05, 0.1) is 0 Å². The highest BCUT2D eigenvalue weighted by molar-refractivity contribution is 7.38. The van der Waals surface area contributed by atoms with Gasteiger partial charge in [0, 0.05) is 18.2 Å². The molecule has 12 heavy (non-hydrogen) atoms. The Morgan fingerprint density at radius 1 is 1.25 bits per heavy atom. The van der Waals surface area contributed by atoms with Crippen LogP contribution in [0, 0.1) is 0 Å². The van der Waals surface area contributed by atoms with Crippen molar-refractivity contribution in [1.82, 2.24) is 0 Å². The summed E-state index contributed by atoms with van der Waals surface area (Å²) in [6, 6.07) is 3.71.